The summed E-state index contributed by atoms with van der Waals surface area (Å²) in [6.07, 6.45) is 2.66. The van der Waals surface area contributed by atoms with Crippen LogP contribution >= 0.6 is 0 Å². The van der Waals surface area contributed by atoms with Crippen molar-refractivity contribution in [2.75, 3.05) is 52.4 Å². The lowest BCUT2D eigenvalue weighted by Crippen LogP contribution is -2.67. The maximum Gasteiger partial charge on any atom is 0.246 e. The van der Waals surface area contributed by atoms with Gasteiger partial charge in [0.25, 0.3) is 0 Å². The Balaban J connectivity index is 1.03. The molecule has 4 aliphatic rings. The van der Waals surface area contributed by atoms with E-state index in [-0.39, 0.29) is 51.9 Å². The first kappa shape index (κ1) is 51.6. The molecule has 3 saturated heterocycles. The molecule has 17 nitrogen and oxygen atoms in total. The number of fused-ring (bicyclic) bond motifs is 4. The number of rotatable bonds is 12. The van der Waals surface area contributed by atoms with E-state index >= 15 is 19.2 Å². The van der Waals surface area contributed by atoms with Crippen molar-refractivity contribution in [2.24, 2.45) is 0 Å². The van der Waals surface area contributed by atoms with Crippen molar-refractivity contribution in [2.45, 2.75) is 81.5 Å². The van der Waals surface area contributed by atoms with Gasteiger partial charge in [-0.2, -0.15) is 0 Å². The second-order valence-electron chi connectivity index (χ2n) is 20.2. The fourth-order valence-corrected chi connectivity index (χ4v) is 10.9. The zero-order chi connectivity index (χ0) is 52.4. The molecule has 0 saturated carbocycles. The van der Waals surface area contributed by atoms with Crippen LogP contribution < -0.4 is 36.6 Å². The van der Waals surface area contributed by atoms with Crippen molar-refractivity contribution < 1.29 is 33.5 Å². The summed E-state index contributed by atoms with van der Waals surface area (Å²) in [6.45, 7) is 3.75. The van der Waals surface area contributed by atoms with Gasteiger partial charge in [0, 0.05) is 95.3 Å². The first-order valence-electron chi connectivity index (χ1n) is 26.5. The Hall–Kier alpha value is -7.86. The van der Waals surface area contributed by atoms with Crippen molar-refractivity contribution in [3.8, 4) is 5.75 Å². The molecule has 1 aromatic heterocycles. The highest BCUT2D eigenvalue weighted by Gasteiger charge is 2.44. The molecule has 3 fully saturated rings. The molecule has 4 aliphatic heterocycles. The van der Waals surface area contributed by atoms with Gasteiger partial charge in [-0.05, 0) is 64.4 Å². The van der Waals surface area contributed by atoms with Crippen LogP contribution in [0.2, 0.25) is 0 Å². The zero-order valence-electron chi connectivity index (χ0n) is 42.5. The molecule has 10 rings (SSSR count). The minimum absolute atomic E-state index is 0.0409. The molecule has 5 heterocycles. The topological polar surface area (TPSA) is 209 Å². The number of carbonyl (C=O) groups excluding carboxylic acids is 6. The summed E-state index contributed by atoms with van der Waals surface area (Å²) in [4.78, 5) is 99.6. The quantitative estimate of drug-likeness (QED) is 0.0954. The maximum atomic E-state index is 15.7. The standard InChI is InChI=1S/C59H66N10O7/c70-54-48(24-21-39-11-3-1-4-12-39)63-57(73)53-35-61-27-30-68(53)59(75)52-33-42-15-7-8-16-43(42)36-69(52)58(74)50(31-40-19-22-45(23-20-40)76-38-41-13-5-2-6-14-41)65-56(72)51(37-67-28-25-60-26-29-67)66-55(71)49(64-54)32-44-34-62-47-18-10-9-17-46(44)47/h1-20,22-23,34,48-53,60-62H,21,24-33,35-38H2,(H,63,73)(H,64,70)(H,65,72)(H,66,71)/t48-,49+,50-,51-,52-,53-/m0/s1. The first-order valence-corrected chi connectivity index (χ1v) is 26.5. The lowest BCUT2D eigenvalue weighted by atomic mass is 9.91. The number of carbonyl (C=O) groups is 6. The number of para-hydroxylation sites is 1. The Bertz CT molecular complexity index is 3000. The van der Waals surface area contributed by atoms with Crippen molar-refractivity contribution >= 4 is 46.3 Å². The Morgan fingerprint density at radius 1 is 0.513 bits per heavy atom. The summed E-state index contributed by atoms with van der Waals surface area (Å²) in [5.74, 6) is -2.62. The van der Waals surface area contributed by atoms with E-state index < -0.39 is 71.7 Å². The van der Waals surface area contributed by atoms with Crippen molar-refractivity contribution in [1.82, 2.24) is 51.6 Å². The summed E-state index contributed by atoms with van der Waals surface area (Å²) < 4.78 is 6.10. The fraction of sp³-hybridized carbons (Fsp3) is 0.356. The molecule has 0 aliphatic carbocycles. The molecule has 7 N–H and O–H groups in total. The predicted molar refractivity (Wildman–Crippen MR) is 288 cm³/mol. The van der Waals surface area contributed by atoms with E-state index in [0.29, 0.717) is 51.5 Å². The number of aromatic nitrogens is 1. The minimum atomic E-state index is -1.22. The number of aryl methyl sites for hydroxylation is 1. The number of amides is 6. The first-order chi connectivity index (χ1) is 37.1. The molecule has 0 radical (unpaired) electrons. The van der Waals surface area contributed by atoms with Crippen LogP contribution in [-0.4, -0.2) is 144 Å². The largest absolute Gasteiger partial charge is 0.489 e. The van der Waals surface area contributed by atoms with Gasteiger partial charge in [0.2, 0.25) is 35.4 Å². The van der Waals surface area contributed by atoms with E-state index in [1.807, 2.05) is 133 Å². The normalized spacial score (nSPS) is 23.2. The highest BCUT2D eigenvalue weighted by atomic mass is 16.5. The molecule has 6 aromatic rings. The summed E-state index contributed by atoms with van der Waals surface area (Å²) in [5, 5.41) is 19.7. The Labute approximate surface area is 442 Å². The van der Waals surface area contributed by atoms with Crippen LogP contribution in [0.3, 0.4) is 0 Å². The second kappa shape index (κ2) is 24.2. The van der Waals surface area contributed by atoms with Crippen LogP contribution in [0.25, 0.3) is 10.9 Å². The van der Waals surface area contributed by atoms with E-state index in [9.17, 15) is 9.59 Å². The van der Waals surface area contributed by atoms with Gasteiger partial charge in [0.15, 0.2) is 0 Å². The fourth-order valence-electron chi connectivity index (χ4n) is 10.9. The molecule has 394 valence electrons. The number of benzene rings is 5. The molecule has 6 atom stereocenters. The Kier molecular flexibility index (Phi) is 16.4. The Morgan fingerprint density at radius 2 is 1.14 bits per heavy atom. The van der Waals surface area contributed by atoms with Crippen LogP contribution in [0.1, 0.15) is 39.8 Å². The van der Waals surface area contributed by atoms with Crippen LogP contribution in [0.5, 0.6) is 5.75 Å². The van der Waals surface area contributed by atoms with E-state index in [1.54, 1.807) is 11.1 Å². The second-order valence-corrected chi connectivity index (χ2v) is 20.2. The molecule has 0 bridgehead atoms. The molecule has 6 amide bonds. The molecule has 0 unspecified atom stereocenters. The third kappa shape index (κ3) is 12.4. The summed E-state index contributed by atoms with van der Waals surface area (Å²) in [5.41, 5.74) is 6.03. The van der Waals surface area contributed by atoms with Crippen molar-refractivity contribution in [1.29, 1.82) is 0 Å². The van der Waals surface area contributed by atoms with Gasteiger partial charge in [0.05, 0.1) is 0 Å². The minimum Gasteiger partial charge on any atom is -0.489 e. The van der Waals surface area contributed by atoms with Gasteiger partial charge in [-0.3, -0.25) is 33.7 Å². The summed E-state index contributed by atoms with van der Waals surface area (Å²) in [7, 11) is 0. The molecule has 5 aromatic carbocycles. The van der Waals surface area contributed by atoms with E-state index in [2.05, 4.69) is 41.8 Å². The van der Waals surface area contributed by atoms with Crippen molar-refractivity contribution in [3.05, 3.63) is 173 Å². The average Bonchev–Trinajstić information content (AvgIpc) is 3.89. The summed E-state index contributed by atoms with van der Waals surface area (Å²) in [6, 6.07) is 35.3. The monoisotopic (exact) mass is 1030 g/mol. The van der Waals surface area contributed by atoms with Gasteiger partial charge in [-0.25, -0.2) is 0 Å². The smallest absolute Gasteiger partial charge is 0.246 e. The number of hydrogen-bond donors (Lipinski definition) is 7. The van der Waals surface area contributed by atoms with Crippen LogP contribution in [0, 0.1) is 0 Å². The average molecular weight is 1030 g/mol. The number of H-pyrrole nitrogens is 1. The van der Waals surface area contributed by atoms with Crippen LogP contribution in [-0.2, 0) is 67.6 Å². The van der Waals surface area contributed by atoms with Gasteiger partial charge >= 0.3 is 0 Å². The molecule has 17 heteroatoms. The van der Waals surface area contributed by atoms with Gasteiger partial charge < -0.3 is 51.4 Å². The number of piperazine rings is 2. The number of aromatic amines is 1. The third-order valence-corrected chi connectivity index (χ3v) is 15.1. The predicted octanol–water partition coefficient (Wildman–Crippen LogP) is 2.78. The van der Waals surface area contributed by atoms with Gasteiger partial charge in [-0.1, -0.05) is 115 Å². The van der Waals surface area contributed by atoms with E-state index in [1.165, 1.54) is 4.90 Å². The number of hydrogen-bond acceptors (Lipinski definition) is 10. The Morgan fingerprint density at radius 3 is 1.92 bits per heavy atom. The number of nitrogens with one attached hydrogen (secondary N) is 7. The third-order valence-electron chi connectivity index (χ3n) is 15.1. The van der Waals surface area contributed by atoms with Crippen molar-refractivity contribution in [3.63, 3.8) is 0 Å². The van der Waals surface area contributed by atoms with Gasteiger partial charge in [-0.15, -0.1) is 0 Å². The van der Waals surface area contributed by atoms with Crippen LogP contribution in [0.4, 0.5) is 0 Å². The van der Waals surface area contributed by atoms with Crippen LogP contribution in [0.15, 0.2) is 140 Å². The molecule has 0 spiro atoms. The number of nitrogens with zero attached hydrogens (tertiary/aromatic N) is 3. The highest BCUT2D eigenvalue weighted by Crippen LogP contribution is 2.28. The van der Waals surface area contributed by atoms with E-state index in [4.69, 9.17) is 4.74 Å². The SMILES string of the molecule is O=C1N[C@@H](Cc2ccc(OCc3ccccc3)cc2)C(=O)N2Cc3ccccc3C[C@H]2C(=O)N2CCNC[C@H]2C(=O)N[C@@H](CCc2ccccc2)C(=O)N[C@H](Cc2c[nH]c3ccccc23)C(=O)N[C@H]1CN1CCNCC1. The zero-order valence-corrected chi connectivity index (χ0v) is 42.5. The van der Waals surface area contributed by atoms with Gasteiger partial charge in [0.1, 0.15) is 48.6 Å². The molecule has 76 heavy (non-hydrogen) atoms. The molecular weight excluding hydrogens is 961 g/mol. The summed E-state index contributed by atoms with van der Waals surface area (Å²) >= 11 is 0. The molecular formula is C59H66N10O7. The lowest BCUT2D eigenvalue weighted by molar-refractivity contribution is -0.153. The number of ether oxygens (including phenoxy) is 1. The van der Waals surface area contributed by atoms with E-state index in [0.717, 1.165) is 44.3 Å². The lowest BCUT2D eigenvalue weighted by Gasteiger charge is -2.43. The maximum absolute atomic E-state index is 15.7. The highest BCUT2D eigenvalue weighted by molar-refractivity contribution is 5.99.